The zero-order valence-corrected chi connectivity index (χ0v) is 10.00. The lowest BCUT2D eigenvalue weighted by Crippen LogP contribution is -2.33. The number of hydrogen-bond donors (Lipinski definition) is 1. The molecule has 1 aliphatic rings. The average Bonchev–Trinajstić information content (AvgIpc) is 3.01. The van der Waals surface area contributed by atoms with E-state index in [4.69, 9.17) is 11.6 Å². The second-order valence-electron chi connectivity index (χ2n) is 4.41. The first-order valence-corrected chi connectivity index (χ1v) is 5.95. The first-order chi connectivity index (χ1) is 7.66. The van der Waals surface area contributed by atoms with Crippen LogP contribution in [0, 0.1) is 5.92 Å². The van der Waals surface area contributed by atoms with Gasteiger partial charge in [0.2, 0.25) is 0 Å². The third-order valence-electron chi connectivity index (χ3n) is 2.78. The van der Waals surface area contributed by atoms with E-state index < -0.39 is 0 Å². The molecule has 1 unspecified atom stereocenters. The van der Waals surface area contributed by atoms with Crippen LogP contribution in [0.4, 0.5) is 0 Å². The van der Waals surface area contributed by atoms with Crippen molar-refractivity contribution in [2.24, 2.45) is 5.92 Å². The lowest BCUT2D eigenvalue weighted by Gasteiger charge is -2.13. The molecular formula is C12H15ClN2O. The maximum Gasteiger partial charge on any atom is 0.253 e. The second kappa shape index (κ2) is 4.83. The number of halogens is 1. The van der Waals surface area contributed by atoms with E-state index in [0.29, 0.717) is 10.6 Å². The van der Waals surface area contributed by atoms with E-state index in [-0.39, 0.29) is 11.9 Å². The summed E-state index contributed by atoms with van der Waals surface area (Å²) >= 11 is 5.90. The Morgan fingerprint density at radius 1 is 1.69 bits per heavy atom. The van der Waals surface area contributed by atoms with Gasteiger partial charge in [-0.05, 0) is 25.3 Å². The fourth-order valence-electron chi connectivity index (χ4n) is 1.77. The van der Waals surface area contributed by atoms with Gasteiger partial charge in [0.15, 0.2) is 0 Å². The average molecular weight is 239 g/mol. The maximum atomic E-state index is 11.9. The van der Waals surface area contributed by atoms with Gasteiger partial charge < -0.3 is 5.32 Å². The van der Waals surface area contributed by atoms with Crippen LogP contribution >= 0.6 is 11.6 Å². The number of aromatic nitrogens is 1. The molecule has 1 aliphatic carbocycles. The Morgan fingerprint density at radius 3 is 3.06 bits per heavy atom. The number of carbonyl (C=O) groups excluding carboxylic acids is 1. The van der Waals surface area contributed by atoms with Crippen LogP contribution in [-0.2, 0) is 0 Å². The molecule has 0 radical (unpaired) electrons. The first-order valence-electron chi connectivity index (χ1n) is 5.57. The molecular weight excluding hydrogens is 224 g/mol. The van der Waals surface area contributed by atoms with Crippen LogP contribution in [-0.4, -0.2) is 16.9 Å². The Bertz CT molecular complexity index is 390. The molecule has 1 aromatic rings. The molecule has 3 nitrogen and oxygen atoms in total. The van der Waals surface area contributed by atoms with Crippen LogP contribution < -0.4 is 5.32 Å². The minimum atomic E-state index is -0.111. The zero-order valence-electron chi connectivity index (χ0n) is 9.24. The Labute approximate surface area is 100 Å². The molecule has 1 amide bonds. The molecule has 0 aromatic carbocycles. The van der Waals surface area contributed by atoms with Gasteiger partial charge in [-0.15, -0.1) is 0 Å². The Hall–Kier alpha value is -1.09. The highest BCUT2D eigenvalue weighted by Gasteiger charge is 2.24. The molecule has 86 valence electrons. The number of carbonyl (C=O) groups is 1. The highest BCUT2D eigenvalue weighted by atomic mass is 35.5. The first kappa shape index (κ1) is 11.4. The molecule has 1 N–H and O–H groups in total. The van der Waals surface area contributed by atoms with E-state index in [1.54, 1.807) is 12.3 Å². The summed E-state index contributed by atoms with van der Waals surface area (Å²) in [4.78, 5) is 15.7. The van der Waals surface area contributed by atoms with Gasteiger partial charge in [0.25, 0.3) is 5.91 Å². The normalized spacial score (nSPS) is 16.9. The van der Waals surface area contributed by atoms with Crippen molar-refractivity contribution < 1.29 is 4.79 Å². The fourth-order valence-corrected chi connectivity index (χ4v) is 1.98. The summed E-state index contributed by atoms with van der Waals surface area (Å²) in [5.74, 6) is 0.698. The van der Waals surface area contributed by atoms with Crippen molar-refractivity contribution in [3.63, 3.8) is 0 Å². The molecule has 1 atom stereocenters. The van der Waals surface area contributed by atoms with Gasteiger partial charge in [-0.3, -0.25) is 9.78 Å². The van der Waals surface area contributed by atoms with Crippen LogP contribution in [0.3, 0.4) is 0 Å². The van der Waals surface area contributed by atoms with Crippen LogP contribution in [0.2, 0.25) is 5.02 Å². The predicted octanol–water partition coefficient (Wildman–Crippen LogP) is 2.65. The monoisotopic (exact) mass is 238 g/mol. The van der Waals surface area contributed by atoms with Crippen molar-refractivity contribution in [2.45, 2.75) is 32.2 Å². The number of amides is 1. The smallest absolute Gasteiger partial charge is 0.253 e. The molecule has 0 saturated heterocycles. The van der Waals surface area contributed by atoms with Crippen LogP contribution in [0.5, 0.6) is 0 Å². The summed E-state index contributed by atoms with van der Waals surface area (Å²) in [7, 11) is 0. The van der Waals surface area contributed by atoms with Gasteiger partial charge in [-0.2, -0.15) is 0 Å². The van der Waals surface area contributed by atoms with Crippen LogP contribution in [0.1, 0.15) is 36.5 Å². The molecule has 0 aliphatic heterocycles. The minimum Gasteiger partial charge on any atom is -0.350 e. The summed E-state index contributed by atoms with van der Waals surface area (Å²) in [6, 6.07) is 1.85. The van der Waals surface area contributed by atoms with Gasteiger partial charge in [0.1, 0.15) is 0 Å². The van der Waals surface area contributed by atoms with E-state index in [9.17, 15) is 4.79 Å². The topological polar surface area (TPSA) is 42.0 Å². The molecule has 1 fully saturated rings. The second-order valence-corrected chi connectivity index (χ2v) is 4.82. The largest absolute Gasteiger partial charge is 0.350 e. The third kappa shape index (κ3) is 2.95. The lowest BCUT2D eigenvalue weighted by atomic mass is 10.1. The highest BCUT2D eigenvalue weighted by Crippen LogP contribution is 2.33. The number of hydrogen-bond acceptors (Lipinski definition) is 2. The van der Waals surface area contributed by atoms with Gasteiger partial charge in [0, 0.05) is 18.4 Å². The van der Waals surface area contributed by atoms with E-state index in [0.717, 1.165) is 12.3 Å². The number of nitrogens with one attached hydrogen (secondary N) is 1. The van der Waals surface area contributed by atoms with Gasteiger partial charge in [0.05, 0.1) is 10.6 Å². The van der Waals surface area contributed by atoms with E-state index in [2.05, 4.69) is 10.3 Å². The van der Waals surface area contributed by atoms with Crippen molar-refractivity contribution in [3.05, 3.63) is 29.0 Å². The van der Waals surface area contributed by atoms with Crippen LogP contribution in [0.15, 0.2) is 18.5 Å². The molecule has 2 rings (SSSR count). The summed E-state index contributed by atoms with van der Waals surface area (Å²) in [6.07, 6.45) is 6.73. The Morgan fingerprint density at radius 2 is 2.44 bits per heavy atom. The molecule has 1 saturated carbocycles. The predicted molar refractivity (Wildman–Crippen MR) is 63.5 cm³/mol. The van der Waals surface area contributed by atoms with Gasteiger partial charge in [-0.25, -0.2) is 0 Å². The van der Waals surface area contributed by atoms with Crippen molar-refractivity contribution >= 4 is 17.5 Å². The summed E-state index contributed by atoms with van der Waals surface area (Å²) in [5, 5.41) is 3.36. The SMILES string of the molecule is CC(CC1CC1)NC(=O)c1ccncc1Cl. The van der Waals surface area contributed by atoms with E-state index in [1.165, 1.54) is 19.0 Å². The molecule has 16 heavy (non-hydrogen) atoms. The summed E-state index contributed by atoms with van der Waals surface area (Å²) in [5.41, 5.74) is 0.499. The number of rotatable bonds is 4. The lowest BCUT2D eigenvalue weighted by molar-refractivity contribution is 0.0937. The van der Waals surface area contributed by atoms with Crippen molar-refractivity contribution in [1.29, 1.82) is 0 Å². The van der Waals surface area contributed by atoms with Gasteiger partial charge in [-0.1, -0.05) is 24.4 Å². The Balaban J connectivity index is 1.94. The highest BCUT2D eigenvalue weighted by molar-refractivity contribution is 6.33. The third-order valence-corrected chi connectivity index (χ3v) is 3.08. The van der Waals surface area contributed by atoms with Crippen molar-refractivity contribution in [2.75, 3.05) is 0 Å². The fraction of sp³-hybridized carbons (Fsp3) is 0.500. The van der Waals surface area contributed by atoms with Crippen LogP contribution in [0.25, 0.3) is 0 Å². The minimum absolute atomic E-state index is 0.111. The standard InChI is InChI=1S/C12H15ClN2O/c1-8(6-9-2-3-9)15-12(16)10-4-5-14-7-11(10)13/h4-5,7-9H,2-3,6H2,1H3,(H,15,16). The Kier molecular flexibility index (Phi) is 3.44. The molecule has 0 spiro atoms. The maximum absolute atomic E-state index is 11.9. The van der Waals surface area contributed by atoms with E-state index in [1.807, 2.05) is 6.92 Å². The quantitative estimate of drug-likeness (QED) is 0.876. The van der Waals surface area contributed by atoms with Gasteiger partial charge >= 0.3 is 0 Å². The molecule has 4 heteroatoms. The molecule has 1 aromatic heterocycles. The summed E-state index contributed by atoms with van der Waals surface area (Å²) < 4.78 is 0. The molecule has 1 heterocycles. The number of pyridine rings is 1. The van der Waals surface area contributed by atoms with Crippen molar-refractivity contribution in [1.82, 2.24) is 10.3 Å². The number of nitrogens with zero attached hydrogens (tertiary/aromatic N) is 1. The summed E-state index contributed by atoms with van der Waals surface area (Å²) in [6.45, 7) is 2.03. The van der Waals surface area contributed by atoms with Crippen molar-refractivity contribution in [3.8, 4) is 0 Å². The molecule has 0 bridgehead atoms. The zero-order chi connectivity index (χ0) is 11.5. The van der Waals surface area contributed by atoms with E-state index >= 15 is 0 Å².